The maximum atomic E-state index is 6.31. The molecule has 0 heterocycles. The highest BCUT2D eigenvalue weighted by atomic mass is 16.7. The first kappa shape index (κ1) is 21.7. The van der Waals surface area contributed by atoms with E-state index in [9.17, 15) is 0 Å². The first-order valence-electron chi connectivity index (χ1n) is 10.9. The van der Waals surface area contributed by atoms with Crippen LogP contribution in [-0.2, 0) is 4.74 Å². The van der Waals surface area contributed by atoms with E-state index in [2.05, 4.69) is 49.4 Å². The van der Waals surface area contributed by atoms with E-state index in [0.717, 1.165) is 33.8 Å². The molecule has 162 valence electrons. The van der Waals surface area contributed by atoms with E-state index in [4.69, 9.17) is 14.2 Å². The molecule has 0 saturated heterocycles. The van der Waals surface area contributed by atoms with Gasteiger partial charge in [0, 0.05) is 11.1 Å². The lowest BCUT2D eigenvalue weighted by atomic mass is 9.97. The van der Waals surface area contributed by atoms with Crippen molar-refractivity contribution in [1.82, 2.24) is 0 Å². The van der Waals surface area contributed by atoms with Gasteiger partial charge in [0.05, 0.1) is 6.61 Å². The largest absolute Gasteiger partial charge is 0.490 e. The molecule has 32 heavy (non-hydrogen) atoms. The highest BCUT2D eigenvalue weighted by Gasteiger charge is 2.13. The van der Waals surface area contributed by atoms with Gasteiger partial charge in [-0.05, 0) is 37.1 Å². The maximum Gasteiger partial charge on any atom is 0.197 e. The third-order valence-electron chi connectivity index (χ3n) is 5.19. The Morgan fingerprint density at radius 1 is 0.625 bits per heavy atom. The molecular weight excluding hydrogens is 396 g/mol. The van der Waals surface area contributed by atoms with Gasteiger partial charge in [-0.25, -0.2) is 0 Å². The lowest BCUT2D eigenvalue weighted by Crippen LogP contribution is -2.20. The van der Waals surface area contributed by atoms with Crippen molar-refractivity contribution in [2.45, 2.75) is 20.1 Å². The standard InChI is InChI=1S/C29H28O3/c1-22-16-18-26(19-17-22)32-23(2)30-20-21-31-29-27(24-10-5-3-6-11-24)14-9-15-28(29)25-12-7-4-8-13-25/h3-19,23H,20-21H2,1-2H3. The van der Waals surface area contributed by atoms with Gasteiger partial charge in [0.15, 0.2) is 6.29 Å². The average molecular weight is 425 g/mol. The zero-order valence-electron chi connectivity index (χ0n) is 18.5. The number of aryl methyl sites for hydroxylation is 1. The van der Waals surface area contributed by atoms with Crippen molar-refractivity contribution in [1.29, 1.82) is 0 Å². The average Bonchev–Trinajstić information content (AvgIpc) is 2.84. The van der Waals surface area contributed by atoms with E-state index >= 15 is 0 Å². The van der Waals surface area contributed by atoms with Gasteiger partial charge in [0.1, 0.15) is 18.1 Å². The number of benzene rings is 4. The van der Waals surface area contributed by atoms with Crippen LogP contribution in [0.4, 0.5) is 0 Å². The van der Waals surface area contributed by atoms with Gasteiger partial charge in [0.25, 0.3) is 0 Å². The summed E-state index contributed by atoms with van der Waals surface area (Å²) in [5.74, 6) is 1.66. The molecule has 3 nitrogen and oxygen atoms in total. The van der Waals surface area contributed by atoms with Crippen LogP contribution in [0.25, 0.3) is 22.3 Å². The van der Waals surface area contributed by atoms with Gasteiger partial charge in [-0.1, -0.05) is 96.6 Å². The van der Waals surface area contributed by atoms with Crippen LogP contribution in [0.5, 0.6) is 11.5 Å². The summed E-state index contributed by atoms with van der Waals surface area (Å²) in [6.07, 6.45) is -0.362. The van der Waals surface area contributed by atoms with E-state index in [0.29, 0.717) is 13.2 Å². The van der Waals surface area contributed by atoms with Crippen LogP contribution in [-0.4, -0.2) is 19.5 Å². The second-order valence-corrected chi connectivity index (χ2v) is 7.63. The monoisotopic (exact) mass is 424 g/mol. The molecule has 4 rings (SSSR count). The summed E-state index contributed by atoms with van der Waals surface area (Å²) < 4.78 is 18.0. The Balaban J connectivity index is 1.46. The van der Waals surface area contributed by atoms with Crippen LogP contribution >= 0.6 is 0 Å². The molecule has 0 fully saturated rings. The minimum Gasteiger partial charge on any atom is -0.490 e. The summed E-state index contributed by atoms with van der Waals surface area (Å²) >= 11 is 0. The molecule has 0 aliphatic rings. The highest BCUT2D eigenvalue weighted by molar-refractivity contribution is 5.82. The van der Waals surface area contributed by atoms with Crippen LogP contribution < -0.4 is 9.47 Å². The fourth-order valence-corrected chi connectivity index (χ4v) is 3.58. The molecule has 0 N–H and O–H groups in total. The van der Waals surface area contributed by atoms with Crippen molar-refractivity contribution in [3.63, 3.8) is 0 Å². The first-order chi connectivity index (χ1) is 15.7. The fraction of sp³-hybridized carbons (Fsp3) is 0.172. The fourth-order valence-electron chi connectivity index (χ4n) is 3.58. The quantitative estimate of drug-likeness (QED) is 0.211. The lowest BCUT2D eigenvalue weighted by Gasteiger charge is -2.18. The van der Waals surface area contributed by atoms with Gasteiger partial charge in [-0.15, -0.1) is 0 Å². The highest BCUT2D eigenvalue weighted by Crippen LogP contribution is 2.38. The van der Waals surface area contributed by atoms with E-state index in [1.807, 2.05) is 67.6 Å². The molecule has 0 bridgehead atoms. The third kappa shape index (κ3) is 5.57. The summed E-state index contributed by atoms with van der Waals surface area (Å²) in [6.45, 7) is 4.79. The normalized spacial score (nSPS) is 11.7. The Labute approximate surface area is 190 Å². The summed E-state index contributed by atoms with van der Waals surface area (Å²) in [7, 11) is 0. The molecule has 1 atom stereocenters. The predicted molar refractivity (Wildman–Crippen MR) is 130 cm³/mol. The Morgan fingerprint density at radius 2 is 1.19 bits per heavy atom. The Bertz CT molecular complexity index is 1050. The van der Waals surface area contributed by atoms with Gasteiger partial charge in [0.2, 0.25) is 0 Å². The molecule has 0 radical (unpaired) electrons. The molecule has 4 aromatic rings. The van der Waals surface area contributed by atoms with Crippen molar-refractivity contribution in [2.75, 3.05) is 13.2 Å². The molecular formula is C29H28O3. The van der Waals surface area contributed by atoms with E-state index in [-0.39, 0.29) is 6.29 Å². The zero-order valence-corrected chi connectivity index (χ0v) is 18.5. The topological polar surface area (TPSA) is 27.7 Å². The predicted octanol–water partition coefficient (Wildman–Crippen LogP) is 7.15. The van der Waals surface area contributed by atoms with Crippen molar-refractivity contribution < 1.29 is 14.2 Å². The van der Waals surface area contributed by atoms with E-state index in [1.54, 1.807) is 0 Å². The second kappa shape index (κ2) is 10.7. The Kier molecular flexibility index (Phi) is 7.21. The summed E-state index contributed by atoms with van der Waals surface area (Å²) in [6, 6.07) is 34.9. The third-order valence-corrected chi connectivity index (χ3v) is 5.19. The van der Waals surface area contributed by atoms with Gasteiger partial charge in [-0.3, -0.25) is 0 Å². The van der Waals surface area contributed by atoms with Crippen LogP contribution in [0.1, 0.15) is 12.5 Å². The second-order valence-electron chi connectivity index (χ2n) is 7.63. The van der Waals surface area contributed by atoms with Crippen molar-refractivity contribution in [2.24, 2.45) is 0 Å². The molecule has 0 amide bonds. The molecule has 3 heteroatoms. The van der Waals surface area contributed by atoms with Crippen molar-refractivity contribution >= 4 is 0 Å². The molecule has 0 spiro atoms. The number of hydrogen-bond acceptors (Lipinski definition) is 3. The summed E-state index contributed by atoms with van der Waals surface area (Å²) in [4.78, 5) is 0. The van der Waals surface area contributed by atoms with Crippen LogP contribution in [0.2, 0.25) is 0 Å². The smallest absolute Gasteiger partial charge is 0.197 e. The molecule has 0 saturated carbocycles. The van der Waals surface area contributed by atoms with Crippen molar-refractivity contribution in [3.05, 3.63) is 109 Å². The molecule has 0 aromatic heterocycles. The number of hydrogen-bond donors (Lipinski definition) is 0. The first-order valence-corrected chi connectivity index (χ1v) is 10.9. The van der Waals surface area contributed by atoms with E-state index in [1.165, 1.54) is 5.56 Å². The summed E-state index contributed by atoms with van der Waals surface area (Å²) in [5.41, 5.74) is 5.58. The lowest BCUT2D eigenvalue weighted by molar-refractivity contribution is -0.0738. The molecule has 0 aliphatic heterocycles. The molecule has 0 aliphatic carbocycles. The minimum atomic E-state index is -0.362. The van der Waals surface area contributed by atoms with Crippen LogP contribution in [0, 0.1) is 6.92 Å². The van der Waals surface area contributed by atoms with E-state index < -0.39 is 0 Å². The summed E-state index contributed by atoms with van der Waals surface area (Å²) in [5, 5.41) is 0. The molecule has 4 aromatic carbocycles. The number of para-hydroxylation sites is 1. The van der Waals surface area contributed by atoms with Crippen LogP contribution in [0.15, 0.2) is 103 Å². The van der Waals surface area contributed by atoms with Gasteiger partial charge in [-0.2, -0.15) is 0 Å². The maximum absolute atomic E-state index is 6.31. The molecule has 1 unspecified atom stereocenters. The van der Waals surface area contributed by atoms with Crippen LogP contribution in [0.3, 0.4) is 0 Å². The number of ether oxygens (including phenoxy) is 3. The Morgan fingerprint density at radius 3 is 1.75 bits per heavy atom. The Hall–Kier alpha value is -3.56. The number of rotatable bonds is 9. The SMILES string of the molecule is Cc1ccc(OC(C)OCCOc2c(-c3ccccc3)cccc2-c2ccccc2)cc1. The van der Waals surface area contributed by atoms with Gasteiger partial charge >= 0.3 is 0 Å². The van der Waals surface area contributed by atoms with Crippen molar-refractivity contribution in [3.8, 4) is 33.8 Å². The van der Waals surface area contributed by atoms with Gasteiger partial charge < -0.3 is 14.2 Å². The zero-order chi connectivity index (χ0) is 22.2. The minimum absolute atomic E-state index is 0.362.